The number of halogens is 3. The van der Waals surface area contributed by atoms with E-state index in [4.69, 9.17) is 35.9 Å². The Balaban J connectivity index is 0.694. The molecular weight excluding hydrogens is 1010 g/mol. The maximum atomic E-state index is 13.9. The lowest BCUT2D eigenvalue weighted by Gasteiger charge is -2.36. The van der Waals surface area contributed by atoms with Gasteiger partial charge in [0.05, 0.1) is 62.5 Å². The SMILES string of the molecule is CCC1=C(CNc2cccc3c2cc(C#CCNc2ccc(C(=O)NCCOCCOCCNC(=S)Nc4ccc5c(c4)C(=O)OC54c5ccc(C)cc5Oc5cc(O)ccc54)cc2OC)n3CC(F)(F)F)C(C)CNC1. The molecule has 1 amide bonds. The highest BCUT2D eigenvalue weighted by Gasteiger charge is 2.53. The summed E-state index contributed by atoms with van der Waals surface area (Å²) >= 11 is 5.52. The van der Waals surface area contributed by atoms with Crippen LogP contribution in [0.3, 0.4) is 0 Å². The number of aromatic hydroxyl groups is 1. The van der Waals surface area contributed by atoms with Gasteiger partial charge >= 0.3 is 12.1 Å². The Labute approximate surface area is 449 Å². The lowest BCUT2D eigenvalue weighted by atomic mass is 9.77. The number of thiocarbonyl (C=S) groups is 1. The minimum absolute atomic E-state index is 0.0288. The van der Waals surface area contributed by atoms with E-state index in [9.17, 15) is 27.9 Å². The third-order valence-corrected chi connectivity index (χ3v) is 14.0. The zero-order valence-corrected chi connectivity index (χ0v) is 43.9. The van der Waals surface area contributed by atoms with Gasteiger partial charge in [-0.25, -0.2) is 4.79 Å². The Morgan fingerprint density at radius 2 is 1.66 bits per heavy atom. The van der Waals surface area contributed by atoms with Crippen molar-refractivity contribution in [1.82, 2.24) is 20.5 Å². The highest BCUT2D eigenvalue weighted by atomic mass is 32.1. The molecule has 0 bridgehead atoms. The van der Waals surface area contributed by atoms with Crippen molar-refractivity contribution < 1.29 is 51.6 Å². The highest BCUT2D eigenvalue weighted by molar-refractivity contribution is 7.80. The fourth-order valence-corrected chi connectivity index (χ4v) is 10.2. The molecule has 9 rings (SSSR count). The lowest BCUT2D eigenvalue weighted by Crippen LogP contribution is -2.33. The monoisotopic (exact) mass is 1070 g/mol. The Bertz CT molecular complexity index is 3260. The molecule has 7 N–H and O–H groups in total. The quantitative estimate of drug-likeness (QED) is 0.0134. The molecule has 0 aliphatic carbocycles. The van der Waals surface area contributed by atoms with Crippen molar-refractivity contribution in [3.8, 4) is 34.8 Å². The number of phenols is 1. The smallest absolute Gasteiger partial charge is 0.406 e. The topological polar surface area (TPSA) is 178 Å². The number of methoxy groups -OCH3 is 1. The Morgan fingerprint density at radius 3 is 2.43 bits per heavy atom. The van der Waals surface area contributed by atoms with E-state index >= 15 is 0 Å². The molecule has 6 aromatic rings. The summed E-state index contributed by atoms with van der Waals surface area (Å²) in [6.45, 7) is 9.33. The second kappa shape index (κ2) is 23.6. The molecule has 4 heterocycles. The van der Waals surface area contributed by atoms with Crippen LogP contribution in [-0.4, -0.2) is 106 Å². The number of carbonyl (C=O) groups is 2. The van der Waals surface area contributed by atoms with Crippen LogP contribution < -0.4 is 41.4 Å². The summed E-state index contributed by atoms with van der Waals surface area (Å²) in [4.78, 5) is 26.5. The molecule has 2 atom stereocenters. The average molecular weight is 1070 g/mol. The lowest BCUT2D eigenvalue weighted by molar-refractivity contribution is -0.140. The number of hydrogen-bond acceptors (Lipinski definition) is 12. The van der Waals surface area contributed by atoms with Gasteiger partial charge in [-0.05, 0) is 115 Å². The number of alkyl halides is 3. The van der Waals surface area contributed by atoms with Crippen LogP contribution in [-0.2, 0) is 26.4 Å². The molecule has 2 unspecified atom stereocenters. The molecule has 1 spiro atoms. The first-order valence-corrected chi connectivity index (χ1v) is 25.8. The van der Waals surface area contributed by atoms with Gasteiger partial charge in [0.2, 0.25) is 0 Å². The number of esters is 1. The van der Waals surface area contributed by atoms with E-state index in [0.717, 1.165) is 30.8 Å². The zero-order valence-electron chi connectivity index (χ0n) is 43.1. The number of benzene rings is 5. The standard InChI is InChI=1S/C58H60F3N7O8S/c1-5-37-32-62-31-36(3)44(37)33-66-48-9-6-10-50-43(48)29-40(68(50)34-57(59,60)61)8-7-19-63-49-18-12-38(27-53(49)72-4)54(70)64-20-22-73-24-25-74-23-21-65-56(77)67-39-13-16-45-42(28-39)55(71)76-58(45)46-15-11-35(2)26-51(46)75-52-30-41(69)14-17-47(52)58/h6,9-18,26-30,36,62-63,66,69H,5,19-25,31-34H2,1-4H3,(H,64,70)(H2,65,67,77). The van der Waals surface area contributed by atoms with Gasteiger partial charge in [-0.15, -0.1) is 0 Å². The average Bonchev–Trinajstić information content (AvgIpc) is 4.16. The number of aromatic nitrogens is 1. The minimum Gasteiger partial charge on any atom is -0.508 e. The van der Waals surface area contributed by atoms with Gasteiger partial charge in [0.1, 0.15) is 29.5 Å². The summed E-state index contributed by atoms with van der Waals surface area (Å²) in [6.07, 6.45) is -3.53. The summed E-state index contributed by atoms with van der Waals surface area (Å²) in [5.74, 6) is 6.79. The molecule has 77 heavy (non-hydrogen) atoms. The number of nitrogens with one attached hydrogen (secondary N) is 6. The van der Waals surface area contributed by atoms with Crippen LogP contribution in [0.4, 0.5) is 30.2 Å². The van der Waals surface area contributed by atoms with Gasteiger partial charge in [-0.3, -0.25) is 4.79 Å². The molecule has 0 radical (unpaired) electrons. The Hall–Kier alpha value is -7.76. The molecule has 1 aromatic heterocycles. The Morgan fingerprint density at radius 1 is 0.909 bits per heavy atom. The normalized spacial score (nSPS) is 16.4. The fourth-order valence-electron chi connectivity index (χ4n) is 9.99. The molecule has 402 valence electrons. The van der Waals surface area contributed by atoms with Crippen molar-refractivity contribution in [3.05, 3.63) is 147 Å². The van der Waals surface area contributed by atoms with Crippen molar-refractivity contribution in [3.63, 3.8) is 0 Å². The van der Waals surface area contributed by atoms with E-state index in [0.29, 0.717) is 111 Å². The maximum Gasteiger partial charge on any atom is 0.406 e. The van der Waals surface area contributed by atoms with Gasteiger partial charge < -0.3 is 65.3 Å². The van der Waals surface area contributed by atoms with Crippen molar-refractivity contribution in [2.75, 3.05) is 88.8 Å². The molecular formula is C58H60F3N7O8S. The first-order chi connectivity index (χ1) is 37.1. The number of phenolic OH excluding ortho intramolecular Hbond substituents is 1. The van der Waals surface area contributed by atoms with Crippen molar-refractivity contribution in [2.24, 2.45) is 5.92 Å². The summed E-state index contributed by atoms with van der Waals surface area (Å²) in [5.41, 5.74) is 7.62. The van der Waals surface area contributed by atoms with E-state index in [1.54, 1.807) is 54.6 Å². The summed E-state index contributed by atoms with van der Waals surface area (Å²) in [7, 11) is 1.48. The van der Waals surface area contributed by atoms with Crippen LogP contribution in [0.1, 0.15) is 68.9 Å². The molecule has 3 aliphatic rings. The van der Waals surface area contributed by atoms with Crippen LogP contribution >= 0.6 is 12.2 Å². The van der Waals surface area contributed by atoms with E-state index < -0.39 is 24.3 Å². The predicted octanol–water partition coefficient (Wildman–Crippen LogP) is 9.37. The van der Waals surface area contributed by atoms with Crippen molar-refractivity contribution in [1.29, 1.82) is 0 Å². The van der Waals surface area contributed by atoms with Crippen LogP contribution in [0.15, 0.2) is 108 Å². The maximum absolute atomic E-state index is 13.9. The number of hydrogen-bond donors (Lipinski definition) is 7. The number of anilines is 3. The Kier molecular flexibility index (Phi) is 16.6. The first kappa shape index (κ1) is 54.0. The van der Waals surface area contributed by atoms with Crippen LogP contribution in [0.5, 0.6) is 23.0 Å². The second-order valence-electron chi connectivity index (χ2n) is 18.9. The second-order valence-corrected chi connectivity index (χ2v) is 19.3. The summed E-state index contributed by atoms with van der Waals surface area (Å²) in [6, 6.07) is 27.8. The third kappa shape index (κ3) is 12.1. The van der Waals surface area contributed by atoms with Crippen LogP contribution in [0.2, 0.25) is 0 Å². The van der Waals surface area contributed by atoms with Crippen molar-refractivity contribution in [2.45, 2.75) is 45.5 Å². The molecule has 19 heteroatoms. The molecule has 5 aromatic carbocycles. The van der Waals surface area contributed by atoms with Crippen LogP contribution in [0, 0.1) is 24.7 Å². The first-order valence-electron chi connectivity index (χ1n) is 25.4. The predicted molar refractivity (Wildman–Crippen MR) is 293 cm³/mol. The molecule has 3 aliphatic heterocycles. The van der Waals surface area contributed by atoms with Gasteiger partial charge in [-0.1, -0.05) is 49.6 Å². The van der Waals surface area contributed by atoms with E-state index in [-0.39, 0.29) is 37.0 Å². The molecule has 0 saturated heterocycles. The summed E-state index contributed by atoms with van der Waals surface area (Å²) in [5, 5.41) is 30.4. The minimum atomic E-state index is -4.46. The van der Waals surface area contributed by atoms with Gasteiger partial charge in [-0.2, -0.15) is 13.2 Å². The van der Waals surface area contributed by atoms with Gasteiger partial charge in [0.25, 0.3) is 5.91 Å². The fraction of sp³-hybridized carbons (Fsp3) is 0.328. The number of carbonyl (C=O) groups excluding carboxylic acids is 2. The number of fused-ring (bicyclic) bond motifs is 7. The van der Waals surface area contributed by atoms with E-state index in [1.165, 1.54) is 28.9 Å². The van der Waals surface area contributed by atoms with Crippen molar-refractivity contribution >= 4 is 57.2 Å². The number of nitrogens with zero attached hydrogens (tertiary/aromatic N) is 1. The number of rotatable bonds is 19. The molecule has 15 nitrogen and oxygen atoms in total. The number of amides is 1. The molecule has 0 fully saturated rings. The zero-order chi connectivity index (χ0) is 54.3. The van der Waals surface area contributed by atoms with E-state index in [1.807, 2.05) is 43.3 Å². The van der Waals surface area contributed by atoms with Gasteiger partial charge in [0.15, 0.2) is 10.7 Å². The summed E-state index contributed by atoms with van der Waals surface area (Å²) < 4.78 is 72.1. The highest BCUT2D eigenvalue weighted by Crippen LogP contribution is 2.57. The third-order valence-electron chi connectivity index (χ3n) is 13.7. The number of ether oxygens (including phenoxy) is 5. The van der Waals surface area contributed by atoms with E-state index in [2.05, 4.69) is 57.6 Å². The van der Waals surface area contributed by atoms with Crippen LogP contribution in [0.25, 0.3) is 10.9 Å². The largest absolute Gasteiger partial charge is 0.508 e. The molecule has 0 saturated carbocycles. The van der Waals surface area contributed by atoms with Gasteiger partial charge in [0, 0.05) is 77.8 Å². The number of aryl methyl sites for hydroxylation is 1.